The van der Waals surface area contributed by atoms with Gasteiger partial charge in [0.1, 0.15) is 17.9 Å². The van der Waals surface area contributed by atoms with E-state index >= 15 is 0 Å². The van der Waals surface area contributed by atoms with Crippen molar-refractivity contribution >= 4 is 27.8 Å². The zero-order valence-electron chi connectivity index (χ0n) is 15.5. The monoisotopic (exact) mass is 376 g/mol. The van der Waals surface area contributed by atoms with Crippen LogP contribution in [0.1, 0.15) is 0 Å². The van der Waals surface area contributed by atoms with Crippen molar-refractivity contribution in [3.63, 3.8) is 0 Å². The zero-order chi connectivity index (χ0) is 19.1. The summed E-state index contributed by atoms with van der Waals surface area (Å²) in [4.78, 5) is 28.8. The van der Waals surface area contributed by atoms with Crippen LogP contribution < -0.4 is 20.6 Å². The number of rotatable bonds is 3. The molecule has 1 aliphatic rings. The second kappa shape index (κ2) is 6.65. The van der Waals surface area contributed by atoms with E-state index in [1.165, 1.54) is 0 Å². The maximum atomic E-state index is 11.8. The lowest BCUT2D eigenvalue weighted by atomic mass is 10.0. The molecular formula is C20H20N6O2. The van der Waals surface area contributed by atoms with Gasteiger partial charge in [0.2, 0.25) is 0 Å². The molecule has 0 unspecified atom stereocenters. The standard InChI is InChI=1S/C20H20N6O2/c1-28-16-10-12(13-3-2-4-14-18(13)25-20(27)24-14)9-15-17(16)19(23-11-22-15)26-7-5-21-6-8-26/h2-4,9-11,21H,5-8H2,1H3,(H2,24,25,27). The van der Waals surface area contributed by atoms with Crippen LogP contribution in [-0.2, 0) is 0 Å². The van der Waals surface area contributed by atoms with Gasteiger partial charge in [0.25, 0.3) is 0 Å². The lowest BCUT2D eigenvalue weighted by molar-refractivity contribution is 0.419. The van der Waals surface area contributed by atoms with Crippen molar-refractivity contribution in [1.82, 2.24) is 25.3 Å². The second-order valence-electron chi connectivity index (χ2n) is 6.81. The number of benzene rings is 2. The van der Waals surface area contributed by atoms with Crippen LogP contribution in [0.15, 0.2) is 41.5 Å². The number of aromatic amines is 2. The van der Waals surface area contributed by atoms with Crippen molar-refractivity contribution in [3.05, 3.63) is 47.1 Å². The fourth-order valence-electron chi connectivity index (χ4n) is 3.87. The Morgan fingerprint density at radius 3 is 2.79 bits per heavy atom. The van der Waals surface area contributed by atoms with E-state index in [0.29, 0.717) is 0 Å². The number of anilines is 1. The number of nitrogens with zero attached hydrogens (tertiary/aromatic N) is 3. The minimum Gasteiger partial charge on any atom is -0.496 e. The number of imidazole rings is 1. The molecule has 1 saturated heterocycles. The predicted molar refractivity (Wildman–Crippen MR) is 109 cm³/mol. The lowest BCUT2D eigenvalue weighted by Gasteiger charge is -2.29. The van der Waals surface area contributed by atoms with Gasteiger partial charge in [-0.3, -0.25) is 0 Å². The molecule has 3 N–H and O–H groups in total. The van der Waals surface area contributed by atoms with Crippen molar-refractivity contribution in [2.75, 3.05) is 38.2 Å². The largest absolute Gasteiger partial charge is 0.496 e. The van der Waals surface area contributed by atoms with Gasteiger partial charge in [-0.25, -0.2) is 14.8 Å². The van der Waals surface area contributed by atoms with Crippen LogP contribution in [0.25, 0.3) is 33.1 Å². The Morgan fingerprint density at radius 1 is 1.11 bits per heavy atom. The molecule has 0 atom stereocenters. The van der Waals surface area contributed by atoms with Gasteiger partial charge in [-0.2, -0.15) is 0 Å². The number of para-hydroxylation sites is 1. The highest BCUT2D eigenvalue weighted by atomic mass is 16.5. The smallest absolute Gasteiger partial charge is 0.323 e. The first kappa shape index (κ1) is 16.8. The Hall–Kier alpha value is -3.39. The van der Waals surface area contributed by atoms with Gasteiger partial charge < -0.3 is 24.9 Å². The topological polar surface area (TPSA) is 98.9 Å². The van der Waals surface area contributed by atoms with Crippen molar-refractivity contribution < 1.29 is 4.74 Å². The van der Waals surface area contributed by atoms with E-state index in [1.807, 2.05) is 30.3 Å². The van der Waals surface area contributed by atoms with E-state index < -0.39 is 0 Å². The Labute approximate surface area is 160 Å². The SMILES string of the molecule is COc1cc(-c2cccc3[nH]c(=O)[nH]c23)cc2ncnc(N3CCNCC3)c12. The third-order valence-electron chi connectivity index (χ3n) is 5.18. The molecule has 3 heterocycles. The van der Waals surface area contributed by atoms with Crippen LogP contribution in [0.3, 0.4) is 0 Å². The average molecular weight is 376 g/mol. The van der Waals surface area contributed by atoms with Crippen molar-refractivity contribution in [1.29, 1.82) is 0 Å². The first-order valence-electron chi connectivity index (χ1n) is 9.24. The molecule has 0 amide bonds. The lowest BCUT2D eigenvalue weighted by Crippen LogP contribution is -2.44. The van der Waals surface area contributed by atoms with Crippen LogP contribution in [-0.4, -0.2) is 53.2 Å². The molecule has 0 spiro atoms. The third-order valence-corrected chi connectivity index (χ3v) is 5.18. The number of hydrogen-bond donors (Lipinski definition) is 3. The fourth-order valence-corrected chi connectivity index (χ4v) is 3.87. The molecule has 142 valence electrons. The normalized spacial score (nSPS) is 14.7. The molecule has 8 heteroatoms. The Balaban J connectivity index is 1.73. The molecule has 2 aromatic heterocycles. The molecule has 0 radical (unpaired) electrons. The highest BCUT2D eigenvalue weighted by Crippen LogP contribution is 2.37. The van der Waals surface area contributed by atoms with Gasteiger partial charge in [0, 0.05) is 31.7 Å². The number of nitrogens with one attached hydrogen (secondary N) is 3. The van der Waals surface area contributed by atoms with Crippen molar-refractivity contribution in [2.45, 2.75) is 0 Å². The zero-order valence-corrected chi connectivity index (χ0v) is 15.5. The molecule has 1 aliphatic heterocycles. The fraction of sp³-hybridized carbons (Fsp3) is 0.250. The van der Waals surface area contributed by atoms with Crippen molar-refractivity contribution in [3.8, 4) is 16.9 Å². The summed E-state index contributed by atoms with van der Waals surface area (Å²) in [5, 5.41) is 4.27. The molecule has 8 nitrogen and oxygen atoms in total. The van der Waals surface area contributed by atoms with Gasteiger partial charge in [-0.15, -0.1) is 0 Å². The van der Waals surface area contributed by atoms with E-state index in [2.05, 4.69) is 30.2 Å². The van der Waals surface area contributed by atoms with Gasteiger partial charge in [0.15, 0.2) is 0 Å². The number of aromatic nitrogens is 4. The van der Waals surface area contributed by atoms with Crippen LogP contribution in [0, 0.1) is 0 Å². The summed E-state index contributed by atoms with van der Waals surface area (Å²) >= 11 is 0. The maximum Gasteiger partial charge on any atom is 0.323 e. The number of methoxy groups -OCH3 is 1. The molecule has 0 aliphatic carbocycles. The summed E-state index contributed by atoms with van der Waals surface area (Å²) < 4.78 is 5.74. The highest BCUT2D eigenvalue weighted by molar-refractivity contribution is 6.00. The molecule has 28 heavy (non-hydrogen) atoms. The molecule has 4 aromatic rings. The Bertz CT molecular complexity index is 1220. The predicted octanol–water partition coefficient (Wildman–Crippen LogP) is 1.88. The van der Waals surface area contributed by atoms with Crippen LogP contribution in [0.5, 0.6) is 5.75 Å². The van der Waals surface area contributed by atoms with Gasteiger partial charge in [-0.05, 0) is 23.8 Å². The summed E-state index contributed by atoms with van der Waals surface area (Å²) in [6.45, 7) is 3.63. The highest BCUT2D eigenvalue weighted by Gasteiger charge is 2.19. The van der Waals surface area contributed by atoms with Gasteiger partial charge in [-0.1, -0.05) is 12.1 Å². The van der Waals surface area contributed by atoms with E-state index in [-0.39, 0.29) is 5.69 Å². The summed E-state index contributed by atoms with van der Waals surface area (Å²) in [7, 11) is 1.66. The summed E-state index contributed by atoms with van der Waals surface area (Å²) in [5.41, 5.74) is 3.97. The molecule has 1 fully saturated rings. The summed E-state index contributed by atoms with van der Waals surface area (Å²) in [6.07, 6.45) is 1.60. The quantitative estimate of drug-likeness (QED) is 0.505. The van der Waals surface area contributed by atoms with Crippen LogP contribution in [0.4, 0.5) is 5.82 Å². The Morgan fingerprint density at radius 2 is 1.96 bits per heavy atom. The first-order chi connectivity index (χ1) is 13.7. The molecule has 2 aromatic carbocycles. The number of piperazine rings is 1. The van der Waals surface area contributed by atoms with E-state index in [1.54, 1.807) is 13.4 Å². The minimum atomic E-state index is -0.224. The number of H-pyrrole nitrogens is 2. The molecule has 0 saturated carbocycles. The maximum absolute atomic E-state index is 11.8. The van der Waals surface area contributed by atoms with Crippen molar-refractivity contribution in [2.24, 2.45) is 0 Å². The van der Waals surface area contributed by atoms with E-state index in [9.17, 15) is 4.79 Å². The number of fused-ring (bicyclic) bond motifs is 2. The second-order valence-corrected chi connectivity index (χ2v) is 6.81. The summed E-state index contributed by atoms with van der Waals surface area (Å²) in [5.74, 6) is 1.61. The van der Waals surface area contributed by atoms with Gasteiger partial charge in [0.05, 0.1) is 29.0 Å². The molecule has 0 bridgehead atoms. The Kier molecular flexibility index (Phi) is 3.98. The molecule has 5 rings (SSSR count). The van der Waals surface area contributed by atoms with E-state index in [4.69, 9.17) is 4.74 Å². The minimum absolute atomic E-state index is 0.224. The van der Waals surface area contributed by atoms with Crippen LogP contribution in [0.2, 0.25) is 0 Å². The number of hydrogen-bond acceptors (Lipinski definition) is 6. The third kappa shape index (κ3) is 2.69. The molecular weight excluding hydrogens is 356 g/mol. The van der Waals surface area contributed by atoms with Gasteiger partial charge >= 0.3 is 5.69 Å². The van der Waals surface area contributed by atoms with E-state index in [0.717, 1.165) is 70.8 Å². The number of ether oxygens (including phenoxy) is 1. The summed E-state index contributed by atoms with van der Waals surface area (Å²) in [6, 6.07) is 9.78. The van der Waals surface area contributed by atoms with Crippen LogP contribution >= 0.6 is 0 Å². The average Bonchev–Trinajstić information content (AvgIpc) is 3.13. The first-order valence-corrected chi connectivity index (χ1v) is 9.24.